The van der Waals surface area contributed by atoms with Crippen LogP contribution in [0.15, 0.2) is 0 Å². The predicted molar refractivity (Wildman–Crippen MR) is 49.6 cm³/mol. The molecule has 2 bridgehead atoms. The van der Waals surface area contributed by atoms with Gasteiger partial charge >= 0.3 is 5.97 Å². The lowest BCUT2D eigenvalue weighted by molar-refractivity contribution is -0.145. The summed E-state index contributed by atoms with van der Waals surface area (Å²) >= 11 is 0. The van der Waals surface area contributed by atoms with Crippen molar-refractivity contribution in [3.05, 3.63) is 0 Å². The fraction of sp³-hybridized carbons (Fsp3) is 0.800. The molecule has 0 aromatic rings. The van der Waals surface area contributed by atoms with Gasteiger partial charge in [-0.25, -0.2) is 0 Å². The summed E-state index contributed by atoms with van der Waals surface area (Å²) in [5.74, 6) is -0.836. The zero-order valence-electron chi connectivity index (χ0n) is 8.27. The normalized spacial score (nSPS) is 35.8. The van der Waals surface area contributed by atoms with Gasteiger partial charge in [-0.1, -0.05) is 6.42 Å². The van der Waals surface area contributed by atoms with Crippen LogP contribution < -0.4 is 0 Å². The molecule has 4 nitrogen and oxygen atoms in total. The maximum Gasteiger partial charge on any atom is 0.308 e. The second kappa shape index (κ2) is 3.26. The molecule has 78 valence electrons. The molecule has 3 unspecified atom stereocenters. The number of hydrogen-bond acceptors (Lipinski definition) is 2. The van der Waals surface area contributed by atoms with E-state index in [0.717, 1.165) is 19.3 Å². The van der Waals surface area contributed by atoms with E-state index in [9.17, 15) is 9.59 Å². The predicted octanol–water partition coefficient (Wildman–Crippen LogP) is 0.718. The second-order valence-electron chi connectivity index (χ2n) is 4.29. The van der Waals surface area contributed by atoms with Crippen LogP contribution in [0.5, 0.6) is 0 Å². The molecule has 1 heterocycles. The molecule has 2 aliphatic rings. The zero-order valence-corrected chi connectivity index (χ0v) is 8.27. The number of rotatable bonds is 1. The van der Waals surface area contributed by atoms with Crippen LogP contribution in [0.2, 0.25) is 0 Å². The Morgan fingerprint density at radius 1 is 1.36 bits per heavy atom. The first-order valence-electron chi connectivity index (χ1n) is 5.11. The molecule has 14 heavy (non-hydrogen) atoms. The van der Waals surface area contributed by atoms with Gasteiger partial charge in [0.2, 0.25) is 5.91 Å². The molecule has 1 saturated heterocycles. The third-order valence-electron chi connectivity index (χ3n) is 3.52. The van der Waals surface area contributed by atoms with E-state index < -0.39 is 5.97 Å². The number of amides is 1. The molecule has 1 aliphatic heterocycles. The van der Waals surface area contributed by atoms with Crippen molar-refractivity contribution in [2.45, 2.75) is 32.2 Å². The molecule has 0 aromatic heterocycles. The number of nitrogens with zero attached hydrogens (tertiary/aromatic N) is 1. The fourth-order valence-corrected chi connectivity index (χ4v) is 2.93. The van der Waals surface area contributed by atoms with Crippen molar-refractivity contribution >= 4 is 11.9 Å². The number of carboxylic acid groups (broad SMARTS) is 1. The largest absolute Gasteiger partial charge is 0.481 e. The first-order valence-corrected chi connectivity index (χ1v) is 5.11. The summed E-state index contributed by atoms with van der Waals surface area (Å²) in [5, 5.41) is 9.08. The van der Waals surface area contributed by atoms with Crippen LogP contribution in [-0.2, 0) is 9.59 Å². The van der Waals surface area contributed by atoms with Crippen LogP contribution in [0.25, 0.3) is 0 Å². The highest BCUT2D eigenvalue weighted by Gasteiger charge is 2.48. The highest BCUT2D eigenvalue weighted by molar-refractivity contribution is 5.78. The van der Waals surface area contributed by atoms with Gasteiger partial charge in [0.05, 0.1) is 5.92 Å². The Morgan fingerprint density at radius 3 is 2.57 bits per heavy atom. The van der Waals surface area contributed by atoms with Crippen molar-refractivity contribution < 1.29 is 14.7 Å². The molecule has 0 radical (unpaired) electrons. The van der Waals surface area contributed by atoms with Crippen LogP contribution in [-0.4, -0.2) is 34.5 Å². The summed E-state index contributed by atoms with van der Waals surface area (Å²) in [6.45, 7) is 2.18. The van der Waals surface area contributed by atoms with E-state index in [2.05, 4.69) is 0 Å². The van der Waals surface area contributed by atoms with Crippen LogP contribution in [0.3, 0.4) is 0 Å². The Morgan fingerprint density at radius 2 is 2.07 bits per heavy atom. The number of carbonyl (C=O) groups excluding carboxylic acids is 1. The van der Waals surface area contributed by atoms with Gasteiger partial charge in [-0.2, -0.15) is 0 Å². The molecule has 1 saturated carbocycles. The summed E-state index contributed by atoms with van der Waals surface area (Å²) in [6.07, 6.45) is 2.87. The van der Waals surface area contributed by atoms with E-state index >= 15 is 0 Å². The Bertz CT molecular complexity index is 277. The number of likely N-dealkylation sites (tertiary alicyclic amines) is 1. The molecule has 3 atom stereocenters. The number of carboxylic acids is 1. The molecule has 4 heteroatoms. The first-order chi connectivity index (χ1) is 6.61. The zero-order chi connectivity index (χ0) is 10.3. The Labute approximate surface area is 82.9 Å². The van der Waals surface area contributed by atoms with Crippen LogP contribution >= 0.6 is 0 Å². The van der Waals surface area contributed by atoms with E-state index in [1.165, 1.54) is 6.92 Å². The quantitative estimate of drug-likeness (QED) is 0.673. The Kier molecular flexibility index (Phi) is 2.21. The van der Waals surface area contributed by atoms with Crippen LogP contribution in [0.1, 0.15) is 26.2 Å². The molecule has 1 N–H and O–H groups in total. The lowest BCUT2D eigenvalue weighted by Gasteiger charge is -2.28. The summed E-state index contributed by atoms with van der Waals surface area (Å²) in [5.41, 5.74) is 0. The Hall–Kier alpha value is -1.06. The van der Waals surface area contributed by atoms with Crippen molar-refractivity contribution in [2.24, 2.45) is 11.8 Å². The SMILES string of the molecule is CC(=O)N1CC2CCCC1C2C(=O)O. The molecule has 2 rings (SSSR count). The minimum Gasteiger partial charge on any atom is -0.481 e. The third kappa shape index (κ3) is 1.29. The summed E-state index contributed by atoms with van der Waals surface area (Å²) < 4.78 is 0. The standard InChI is InChI=1S/C10H15NO3/c1-6(12)11-5-7-3-2-4-8(11)9(7)10(13)14/h7-9H,2-5H2,1H3,(H,13,14). The van der Waals surface area contributed by atoms with Gasteiger partial charge < -0.3 is 10.0 Å². The molecule has 1 amide bonds. The molecule has 0 spiro atoms. The van der Waals surface area contributed by atoms with Gasteiger partial charge in [0.15, 0.2) is 0 Å². The molecule has 1 aliphatic carbocycles. The highest BCUT2D eigenvalue weighted by Crippen LogP contribution is 2.40. The summed E-state index contributed by atoms with van der Waals surface area (Å²) in [6, 6.07) is -0.0382. The Balaban J connectivity index is 2.23. The van der Waals surface area contributed by atoms with Crippen molar-refractivity contribution in [2.75, 3.05) is 6.54 Å². The minimum absolute atomic E-state index is 0.0191. The van der Waals surface area contributed by atoms with Gasteiger partial charge in [-0.05, 0) is 18.8 Å². The number of carbonyl (C=O) groups is 2. The fourth-order valence-electron chi connectivity index (χ4n) is 2.93. The number of hydrogen-bond donors (Lipinski definition) is 1. The van der Waals surface area contributed by atoms with Gasteiger partial charge in [0.25, 0.3) is 0 Å². The number of aliphatic carboxylic acids is 1. The third-order valence-corrected chi connectivity index (χ3v) is 3.52. The van der Waals surface area contributed by atoms with E-state index in [1.54, 1.807) is 4.90 Å². The highest BCUT2D eigenvalue weighted by atomic mass is 16.4. The van der Waals surface area contributed by atoms with E-state index in [4.69, 9.17) is 5.11 Å². The maximum absolute atomic E-state index is 11.3. The second-order valence-corrected chi connectivity index (χ2v) is 4.29. The lowest BCUT2D eigenvalue weighted by Crippen LogP contribution is -2.39. The maximum atomic E-state index is 11.3. The minimum atomic E-state index is -0.733. The van der Waals surface area contributed by atoms with Gasteiger partial charge in [-0.15, -0.1) is 0 Å². The summed E-state index contributed by atoms with van der Waals surface area (Å²) in [7, 11) is 0. The van der Waals surface area contributed by atoms with E-state index in [1.807, 2.05) is 0 Å². The van der Waals surface area contributed by atoms with Crippen LogP contribution in [0, 0.1) is 11.8 Å². The van der Waals surface area contributed by atoms with E-state index in [-0.39, 0.29) is 23.8 Å². The molecular weight excluding hydrogens is 182 g/mol. The summed E-state index contributed by atoms with van der Waals surface area (Å²) in [4.78, 5) is 24.1. The smallest absolute Gasteiger partial charge is 0.308 e. The van der Waals surface area contributed by atoms with Crippen molar-refractivity contribution in [1.29, 1.82) is 0 Å². The van der Waals surface area contributed by atoms with Crippen LogP contribution in [0.4, 0.5) is 0 Å². The number of fused-ring (bicyclic) bond motifs is 2. The lowest BCUT2D eigenvalue weighted by atomic mass is 9.80. The van der Waals surface area contributed by atoms with E-state index in [0.29, 0.717) is 6.54 Å². The first kappa shape index (κ1) is 9.49. The van der Waals surface area contributed by atoms with Crippen molar-refractivity contribution in [3.8, 4) is 0 Å². The van der Waals surface area contributed by atoms with Crippen molar-refractivity contribution in [3.63, 3.8) is 0 Å². The molecular formula is C10H15NO3. The monoisotopic (exact) mass is 197 g/mol. The average molecular weight is 197 g/mol. The van der Waals surface area contributed by atoms with Gasteiger partial charge in [0.1, 0.15) is 0 Å². The topological polar surface area (TPSA) is 57.6 Å². The molecule has 0 aromatic carbocycles. The van der Waals surface area contributed by atoms with Gasteiger partial charge in [-0.3, -0.25) is 9.59 Å². The molecule has 2 fully saturated rings. The van der Waals surface area contributed by atoms with Crippen molar-refractivity contribution in [1.82, 2.24) is 4.90 Å². The van der Waals surface area contributed by atoms with Gasteiger partial charge in [0, 0.05) is 19.5 Å². The average Bonchev–Trinajstić information content (AvgIpc) is 2.34.